The van der Waals surface area contributed by atoms with Crippen molar-refractivity contribution in [2.45, 2.75) is 70.7 Å². The molecule has 5 nitrogen and oxygen atoms in total. The van der Waals surface area contributed by atoms with Crippen LogP contribution in [0.1, 0.15) is 52.9 Å². The van der Waals surface area contributed by atoms with Gasteiger partial charge in [0.15, 0.2) is 0 Å². The Hall–Kier alpha value is -0.910. The van der Waals surface area contributed by atoms with E-state index < -0.39 is 11.7 Å². The summed E-state index contributed by atoms with van der Waals surface area (Å²) in [5.41, 5.74) is 0.0368. The van der Waals surface area contributed by atoms with Gasteiger partial charge in [0.2, 0.25) is 0 Å². The highest BCUT2D eigenvalue weighted by Gasteiger charge is 2.69. The predicted octanol–water partition coefficient (Wildman–Crippen LogP) is 2.20. The van der Waals surface area contributed by atoms with E-state index in [0.29, 0.717) is 26.1 Å². The number of fused-ring (bicyclic) bond motifs is 1. The highest BCUT2D eigenvalue weighted by Crippen LogP contribution is 2.66. The maximum atomic E-state index is 11.8. The molecule has 140 valence electrons. The van der Waals surface area contributed by atoms with Gasteiger partial charge < -0.3 is 19.7 Å². The normalized spacial score (nSPS) is 50.0. The molecule has 2 N–H and O–H groups in total. The Labute approximate surface area is 149 Å². The molecule has 1 spiro atoms. The summed E-state index contributed by atoms with van der Waals surface area (Å²) in [6, 6.07) is 0. The Morgan fingerprint density at radius 3 is 2.56 bits per heavy atom. The second kappa shape index (κ2) is 5.54. The lowest BCUT2D eigenvalue weighted by Gasteiger charge is -2.61. The van der Waals surface area contributed by atoms with Gasteiger partial charge in [0, 0.05) is 17.9 Å². The molecule has 2 aliphatic heterocycles. The summed E-state index contributed by atoms with van der Waals surface area (Å²) in [5.74, 6) is 0.178. The van der Waals surface area contributed by atoms with Crippen molar-refractivity contribution in [3.63, 3.8) is 0 Å². The Balaban J connectivity index is 1.68. The first-order chi connectivity index (χ1) is 11.7. The van der Waals surface area contributed by atoms with Crippen molar-refractivity contribution in [3.05, 3.63) is 11.6 Å². The largest absolute Gasteiger partial charge is 0.462 e. The highest BCUT2D eigenvalue weighted by atomic mass is 16.6. The number of aliphatic hydroxyl groups is 2. The number of cyclic esters (lactones) is 1. The zero-order valence-electron chi connectivity index (χ0n) is 15.5. The van der Waals surface area contributed by atoms with Gasteiger partial charge in [-0.15, -0.1) is 0 Å². The molecule has 0 radical (unpaired) electrons. The van der Waals surface area contributed by atoms with E-state index in [1.54, 1.807) is 0 Å². The average molecular weight is 350 g/mol. The SMILES string of the molecule is CC1(C)C2C[C@H](O)[C@@]3(CO3)[C@H](C/C=C3\CCOC3=O)[C@@]2(C)CC[C@@H]1O. The lowest BCUT2D eigenvalue weighted by Crippen LogP contribution is -2.62. The standard InChI is InChI=1S/C20H30O5/c1-18(2)14-10-16(22)20(11-25-20)13(19(14,3)8-6-15(18)21)5-4-12-7-9-24-17(12)23/h4,13-16,21-22H,5-11H2,1-3H3/b12-4+/t13-,14?,15+,16+,19-,20-/m1/s1. The average Bonchev–Trinajstić information content (AvgIpc) is 3.24. The van der Waals surface area contributed by atoms with Crippen molar-refractivity contribution >= 4 is 5.97 Å². The van der Waals surface area contributed by atoms with E-state index in [1.807, 2.05) is 6.08 Å². The van der Waals surface area contributed by atoms with Crippen LogP contribution in [0.25, 0.3) is 0 Å². The van der Waals surface area contributed by atoms with Crippen LogP contribution in [0.5, 0.6) is 0 Å². The maximum Gasteiger partial charge on any atom is 0.333 e. The van der Waals surface area contributed by atoms with Crippen molar-refractivity contribution in [3.8, 4) is 0 Å². The first-order valence-electron chi connectivity index (χ1n) is 9.58. The molecule has 2 heterocycles. The van der Waals surface area contributed by atoms with Crippen LogP contribution in [-0.2, 0) is 14.3 Å². The summed E-state index contributed by atoms with van der Waals surface area (Å²) in [4.78, 5) is 11.8. The van der Waals surface area contributed by atoms with E-state index >= 15 is 0 Å². The summed E-state index contributed by atoms with van der Waals surface area (Å²) < 4.78 is 10.9. The van der Waals surface area contributed by atoms with Crippen LogP contribution in [0.2, 0.25) is 0 Å². The molecule has 0 aromatic carbocycles. The van der Waals surface area contributed by atoms with Gasteiger partial charge in [-0.3, -0.25) is 0 Å². The van der Waals surface area contributed by atoms with Crippen LogP contribution in [0, 0.1) is 22.7 Å². The van der Waals surface area contributed by atoms with E-state index in [4.69, 9.17) is 9.47 Å². The maximum absolute atomic E-state index is 11.8. The molecule has 4 fully saturated rings. The fourth-order valence-corrected chi connectivity index (χ4v) is 6.12. The third kappa shape index (κ3) is 2.42. The first kappa shape index (κ1) is 17.5. The van der Waals surface area contributed by atoms with Gasteiger partial charge >= 0.3 is 5.97 Å². The van der Waals surface area contributed by atoms with Crippen molar-refractivity contribution < 1.29 is 24.5 Å². The van der Waals surface area contributed by atoms with Crippen LogP contribution >= 0.6 is 0 Å². The number of hydrogen-bond donors (Lipinski definition) is 2. The number of carbonyl (C=O) groups excluding carboxylic acids is 1. The van der Waals surface area contributed by atoms with E-state index in [1.165, 1.54) is 0 Å². The summed E-state index contributed by atoms with van der Waals surface area (Å²) in [6.07, 6.45) is 4.95. The monoisotopic (exact) mass is 350 g/mol. The van der Waals surface area contributed by atoms with Crippen LogP contribution in [0.3, 0.4) is 0 Å². The second-order valence-corrected chi connectivity index (χ2v) is 9.33. The lowest BCUT2D eigenvalue weighted by atomic mass is 9.44. The molecule has 0 aromatic rings. The molecule has 6 atom stereocenters. The quantitative estimate of drug-likeness (QED) is 0.453. The highest BCUT2D eigenvalue weighted by molar-refractivity contribution is 5.90. The number of esters is 1. The van der Waals surface area contributed by atoms with Crippen molar-refractivity contribution in [1.29, 1.82) is 0 Å². The van der Waals surface area contributed by atoms with E-state index in [9.17, 15) is 15.0 Å². The minimum Gasteiger partial charge on any atom is -0.462 e. The third-order valence-electron chi connectivity index (χ3n) is 7.86. The fraction of sp³-hybridized carbons (Fsp3) is 0.850. The van der Waals surface area contributed by atoms with Crippen molar-refractivity contribution in [1.82, 2.24) is 0 Å². The minimum atomic E-state index is -0.505. The molecule has 0 amide bonds. The molecule has 4 rings (SSSR count). The summed E-state index contributed by atoms with van der Waals surface area (Å²) in [5, 5.41) is 21.4. The molecule has 2 saturated heterocycles. The molecule has 0 aromatic heterocycles. The molecule has 4 aliphatic rings. The van der Waals surface area contributed by atoms with Gasteiger partial charge in [-0.05, 0) is 42.4 Å². The molecule has 0 bridgehead atoms. The van der Waals surface area contributed by atoms with Gasteiger partial charge in [0.05, 0.1) is 25.4 Å². The number of ether oxygens (including phenoxy) is 2. The Bertz CT molecular complexity index is 605. The Morgan fingerprint density at radius 2 is 1.96 bits per heavy atom. The number of aliphatic hydroxyl groups excluding tert-OH is 2. The van der Waals surface area contributed by atoms with E-state index in [-0.39, 0.29) is 34.7 Å². The molecule has 2 aliphatic carbocycles. The third-order valence-corrected chi connectivity index (χ3v) is 7.86. The number of carbonyl (C=O) groups is 1. The van der Waals surface area contributed by atoms with Gasteiger partial charge in [-0.2, -0.15) is 0 Å². The molecule has 5 heteroatoms. The second-order valence-electron chi connectivity index (χ2n) is 9.33. The Kier molecular flexibility index (Phi) is 3.88. The minimum absolute atomic E-state index is 0.0158. The molecule has 2 saturated carbocycles. The predicted molar refractivity (Wildman–Crippen MR) is 91.7 cm³/mol. The lowest BCUT2D eigenvalue weighted by molar-refractivity contribution is -0.184. The summed E-state index contributed by atoms with van der Waals surface area (Å²) in [7, 11) is 0. The molecular weight excluding hydrogens is 320 g/mol. The summed E-state index contributed by atoms with van der Waals surface area (Å²) >= 11 is 0. The van der Waals surface area contributed by atoms with Crippen LogP contribution < -0.4 is 0 Å². The van der Waals surface area contributed by atoms with E-state index in [2.05, 4.69) is 20.8 Å². The number of allylic oxidation sites excluding steroid dienone is 1. The summed E-state index contributed by atoms with van der Waals surface area (Å²) in [6.45, 7) is 7.62. The molecular formula is C20H30O5. The van der Waals surface area contributed by atoms with Gasteiger partial charge in [-0.1, -0.05) is 26.8 Å². The van der Waals surface area contributed by atoms with Crippen molar-refractivity contribution in [2.75, 3.05) is 13.2 Å². The topological polar surface area (TPSA) is 79.3 Å². The molecule has 25 heavy (non-hydrogen) atoms. The van der Waals surface area contributed by atoms with Crippen LogP contribution in [0.4, 0.5) is 0 Å². The zero-order chi connectivity index (χ0) is 18.0. The Morgan fingerprint density at radius 1 is 1.24 bits per heavy atom. The number of epoxide rings is 1. The van der Waals surface area contributed by atoms with Gasteiger partial charge in [-0.25, -0.2) is 4.79 Å². The van der Waals surface area contributed by atoms with Crippen LogP contribution in [0.15, 0.2) is 11.6 Å². The molecule has 1 unspecified atom stereocenters. The fourth-order valence-electron chi connectivity index (χ4n) is 6.12. The van der Waals surface area contributed by atoms with Crippen LogP contribution in [-0.4, -0.2) is 47.2 Å². The zero-order valence-corrected chi connectivity index (χ0v) is 15.5. The van der Waals surface area contributed by atoms with E-state index in [0.717, 1.165) is 24.8 Å². The smallest absolute Gasteiger partial charge is 0.333 e. The number of hydrogen-bond acceptors (Lipinski definition) is 5. The first-order valence-corrected chi connectivity index (χ1v) is 9.58. The van der Waals surface area contributed by atoms with Gasteiger partial charge in [0.1, 0.15) is 5.60 Å². The number of rotatable bonds is 2. The van der Waals surface area contributed by atoms with Crippen molar-refractivity contribution in [2.24, 2.45) is 22.7 Å². The van der Waals surface area contributed by atoms with Gasteiger partial charge in [0.25, 0.3) is 0 Å².